The van der Waals surface area contributed by atoms with Gasteiger partial charge in [-0.2, -0.15) is 5.10 Å². The second-order valence-electron chi connectivity index (χ2n) is 4.17. The minimum absolute atomic E-state index is 0.142. The number of benzene rings is 2. The number of carboxylic acids is 1. The first-order valence-electron chi connectivity index (χ1n) is 5.96. The van der Waals surface area contributed by atoms with Crippen LogP contribution < -0.4 is 5.43 Å². The fraction of sp³-hybridized carbons (Fsp3) is 0.0667. The van der Waals surface area contributed by atoms with Crippen molar-refractivity contribution in [3.8, 4) is 0 Å². The summed E-state index contributed by atoms with van der Waals surface area (Å²) in [7, 11) is 0. The van der Waals surface area contributed by atoms with Crippen LogP contribution in [0.4, 0.5) is 10.1 Å². The van der Waals surface area contributed by atoms with Crippen LogP contribution in [-0.4, -0.2) is 16.8 Å². The SMILES string of the molecule is C/C(=N\Nc1ccccc1C(=O)O)c1ccc(F)cc1. The molecule has 0 radical (unpaired) electrons. The maximum absolute atomic E-state index is 12.8. The third-order valence-electron chi connectivity index (χ3n) is 2.76. The summed E-state index contributed by atoms with van der Waals surface area (Å²) in [5.41, 5.74) is 4.65. The number of nitrogens with one attached hydrogen (secondary N) is 1. The molecule has 0 bridgehead atoms. The molecule has 0 spiro atoms. The van der Waals surface area contributed by atoms with Crippen molar-refractivity contribution >= 4 is 17.4 Å². The molecule has 20 heavy (non-hydrogen) atoms. The van der Waals surface area contributed by atoms with Crippen LogP contribution in [0.1, 0.15) is 22.8 Å². The largest absolute Gasteiger partial charge is 0.478 e. The highest BCUT2D eigenvalue weighted by Gasteiger charge is 2.08. The predicted molar refractivity (Wildman–Crippen MR) is 75.6 cm³/mol. The van der Waals surface area contributed by atoms with Crippen molar-refractivity contribution < 1.29 is 14.3 Å². The van der Waals surface area contributed by atoms with E-state index in [1.807, 2.05) is 0 Å². The third-order valence-corrected chi connectivity index (χ3v) is 2.76. The topological polar surface area (TPSA) is 61.7 Å². The number of hydrogen-bond acceptors (Lipinski definition) is 3. The fourth-order valence-corrected chi connectivity index (χ4v) is 1.67. The maximum atomic E-state index is 12.8. The highest BCUT2D eigenvalue weighted by Crippen LogP contribution is 2.15. The molecule has 0 aromatic heterocycles. The number of halogens is 1. The molecule has 4 nitrogen and oxygen atoms in total. The maximum Gasteiger partial charge on any atom is 0.337 e. The lowest BCUT2D eigenvalue weighted by atomic mass is 10.1. The van der Waals surface area contributed by atoms with Crippen molar-refractivity contribution in [3.63, 3.8) is 0 Å². The molecule has 0 amide bonds. The van der Waals surface area contributed by atoms with Crippen molar-refractivity contribution in [3.05, 3.63) is 65.5 Å². The van der Waals surface area contributed by atoms with Crippen LogP contribution in [0.3, 0.4) is 0 Å². The van der Waals surface area contributed by atoms with Gasteiger partial charge in [0.1, 0.15) is 5.82 Å². The van der Waals surface area contributed by atoms with Crippen LogP contribution in [-0.2, 0) is 0 Å². The van der Waals surface area contributed by atoms with E-state index in [1.165, 1.54) is 18.2 Å². The molecule has 2 rings (SSSR count). The highest BCUT2D eigenvalue weighted by molar-refractivity contribution is 5.99. The Bertz CT molecular complexity index is 651. The zero-order valence-electron chi connectivity index (χ0n) is 10.8. The van der Waals surface area contributed by atoms with Gasteiger partial charge in [-0.15, -0.1) is 0 Å². The summed E-state index contributed by atoms with van der Waals surface area (Å²) in [5.74, 6) is -1.34. The van der Waals surface area contributed by atoms with Gasteiger partial charge < -0.3 is 5.11 Å². The van der Waals surface area contributed by atoms with Gasteiger partial charge in [0.15, 0.2) is 0 Å². The first kappa shape index (κ1) is 13.7. The first-order chi connectivity index (χ1) is 9.58. The van der Waals surface area contributed by atoms with Gasteiger partial charge in [0.25, 0.3) is 0 Å². The van der Waals surface area contributed by atoms with Crippen molar-refractivity contribution in [2.24, 2.45) is 5.10 Å². The monoisotopic (exact) mass is 272 g/mol. The van der Waals surface area contributed by atoms with Crippen LogP contribution in [0.25, 0.3) is 0 Å². The zero-order chi connectivity index (χ0) is 14.5. The second-order valence-corrected chi connectivity index (χ2v) is 4.17. The number of anilines is 1. The van der Waals surface area contributed by atoms with Crippen molar-refractivity contribution in [1.29, 1.82) is 0 Å². The smallest absolute Gasteiger partial charge is 0.337 e. The summed E-state index contributed by atoms with van der Waals surface area (Å²) in [6, 6.07) is 12.4. The quantitative estimate of drug-likeness (QED) is 0.662. The second kappa shape index (κ2) is 5.97. The number of rotatable bonds is 4. The summed E-state index contributed by atoms with van der Waals surface area (Å²) in [4.78, 5) is 11.0. The minimum atomic E-state index is -1.03. The first-order valence-corrected chi connectivity index (χ1v) is 5.96. The third kappa shape index (κ3) is 3.20. The normalized spacial score (nSPS) is 11.2. The van der Waals surface area contributed by atoms with E-state index in [0.717, 1.165) is 5.56 Å². The fourth-order valence-electron chi connectivity index (χ4n) is 1.67. The summed E-state index contributed by atoms with van der Waals surface area (Å²) in [6.45, 7) is 1.75. The Morgan fingerprint density at radius 2 is 1.80 bits per heavy atom. The van der Waals surface area contributed by atoms with E-state index in [2.05, 4.69) is 10.5 Å². The Morgan fingerprint density at radius 3 is 2.45 bits per heavy atom. The molecule has 0 aliphatic carbocycles. The lowest BCUT2D eigenvalue weighted by Crippen LogP contribution is -2.04. The van der Waals surface area contributed by atoms with Gasteiger partial charge in [0, 0.05) is 0 Å². The molecule has 0 heterocycles. The van der Waals surface area contributed by atoms with Crippen molar-refractivity contribution in [2.45, 2.75) is 6.92 Å². The van der Waals surface area contributed by atoms with Gasteiger partial charge in [0.2, 0.25) is 0 Å². The summed E-state index contributed by atoms with van der Waals surface area (Å²) in [6.07, 6.45) is 0. The summed E-state index contributed by atoms with van der Waals surface area (Å²) < 4.78 is 12.8. The van der Waals surface area contributed by atoms with E-state index < -0.39 is 5.97 Å². The Kier molecular flexibility index (Phi) is 4.10. The Hall–Kier alpha value is -2.69. The molecule has 0 aliphatic rings. The van der Waals surface area contributed by atoms with Gasteiger partial charge in [-0.3, -0.25) is 5.43 Å². The molecule has 2 N–H and O–H groups in total. The van der Waals surface area contributed by atoms with Crippen LogP contribution in [0.2, 0.25) is 0 Å². The van der Waals surface area contributed by atoms with Crippen LogP contribution in [0, 0.1) is 5.82 Å². The van der Waals surface area contributed by atoms with Crippen molar-refractivity contribution in [2.75, 3.05) is 5.43 Å². The van der Waals surface area contributed by atoms with Crippen LogP contribution in [0.5, 0.6) is 0 Å². The average molecular weight is 272 g/mol. The standard InChI is InChI=1S/C15H13FN2O2/c1-10(11-6-8-12(16)9-7-11)17-18-14-5-3-2-4-13(14)15(19)20/h2-9,18H,1H3,(H,19,20)/b17-10+. The average Bonchev–Trinajstić information content (AvgIpc) is 2.45. The van der Waals surface area contributed by atoms with Crippen molar-refractivity contribution in [1.82, 2.24) is 0 Å². The van der Waals surface area contributed by atoms with Gasteiger partial charge in [-0.25, -0.2) is 9.18 Å². The Morgan fingerprint density at radius 1 is 1.15 bits per heavy atom. The summed E-state index contributed by atoms with van der Waals surface area (Å²) >= 11 is 0. The molecule has 0 saturated carbocycles. The number of para-hydroxylation sites is 1. The molecule has 2 aromatic rings. The van der Waals surface area contributed by atoms with E-state index in [1.54, 1.807) is 37.3 Å². The lowest BCUT2D eigenvalue weighted by Gasteiger charge is -2.06. The number of aromatic carboxylic acids is 1. The van der Waals surface area contributed by atoms with E-state index in [4.69, 9.17) is 5.11 Å². The molecule has 0 fully saturated rings. The molecular weight excluding hydrogens is 259 g/mol. The molecule has 0 unspecified atom stereocenters. The Labute approximate surface area is 115 Å². The van der Waals surface area contributed by atoms with E-state index in [-0.39, 0.29) is 11.4 Å². The lowest BCUT2D eigenvalue weighted by molar-refractivity contribution is 0.0698. The molecular formula is C15H13FN2O2. The van der Waals surface area contributed by atoms with Crippen LogP contribution in [0.15, 0.2) is 53.6 Å². The predicted octanol–water partition coefficient (Wildman–Crippen LogP) is 3.36. The number of hydrogen-bond donors (Lipinski definition) is 2. The van der Waals surface area contributed by atoms with Gasteiger partial charge in [0.05, 0.1) is 17.0 Å². The van der Waals surface area contributed by atoms with E-state index in [9.17, 15) is 9.18 Å². The molecule has 102 valence electrons. The van der Waals surface area contributed by atoms with Gasteiger partial charge >= 0.3 is 5.97 Å². The van der Waals surface area contributed by atoms with Crippen LogP contribution >= 0.6 is 0 Å². The van der Waals surface area contributed by atoms with Gasteiger partial charge in [-0.05, 0) is 36.8 Å². The zero-order valence-corrected chi connectivity index (χ0v) is 10.8. The molecule has 0 aliphatic heterocycles. The molecule has 0 atom stereocenters. The number of carboxylic acid groups (broad SMARTS) is 1. The Balaban J connectivity index is 2.21. The number of nitrogens with zero attached hydrogens (tertiary/aromatic N) is 1. The minimum Gasteiger partial charge on any atom is -0.478 e. The van der Waals surface area contributed by atoms with E-state index >= 15 is 0 Å². The molecule has 2 aromatic carbocycles. The van der Waals surface area contributed by atoms with E-state index in [0.29, 0.717) is 11.4 Å². The molecule has 0 saturated heterocycles. The van der Waals surface area contributed by atoms with Gasteiger partial charge in [-0.1, -0.05) is 24.3 Å². The number of carbonyl (C=O) groups is 1. The molecule has 5 heteroatoms. The highest BCUT2D eigenvalue weighted by atomic mass is 19.1. The number of hydrazone groups is 1. The summed E-state index contributed by atoms with van der Waals surface area (Å²) in [5, 5.41) is 13.2.